The molecule has 4 fully saturated rings. The van der Waals surface area contributed by atoms with E-state index in [-0.39, 0.29) is 58.4 Å². The van der Waals surface area contributed by atoms with Crippen LogP contribution >= 0.6 is 0 Å². The lowest BCUT2D eigenvalue weighted by molar-refractivity contribution is -0.424. The number of benzene rings is 1. The van der Waals surface area contributed by atoms with E-state index in [2.05, 4.69) is 13.8 Å². The predicted octanol–water partition coefficient (Wildman–Crippen LogP) is 4.01. The maximum atomic E-state index is 13.7. The Morgan fingerprint density at radius 2 is 1.82 bits per heavy atom. The number of hydrogen-bond donors (Lipinski definition) is 1. The van der Waals surface area contributed by atoms with Gasteiger partial charge in [-0.2, -0.15) is 0 Å². The van der Waals surface area contributed by atoms with Gasteiger partial charge < -0.3 is 19.3 Å². The number of ketones is 2. The monoisotopic (exact) mass is 572 g/mol. The maximum Gasteiger partial charge on any atom is 0.285 e. The summed E-state index contributed by atoms with van der Waals surface area (Å²) in [5.41, 5.74) is -0.973. The number of carbonyl (C=O) groups excluding carboxylic acids is 2. The van der Waals surface area contributed by atoms with E-state index in [1.807, 2.05) is 6.08 Å². The van der Waals surface area contributed by atoms with Gasteiger partial charge in [-0.15, -0.1) is 0 Å². The summed E-state index contributed by atoms with van der Waals surface area (Å²) in [5, 5.41) is 11.8. The summed E-state index contributed by atoms with van der Waals surface area (Å²) in [7, 11) is -2.22. The van der Waals surface area contributed by atoms with Crippen molar-refractivity contribution in [3.63, 3.8) is 0 Å². The number of rotatable bonds is 5. The van der Waals surface area contributed by atoms with Crippen LogP contribution in [-0.2, 0) is 33.6 Å². The minimum atomic E-state index is -3.64. The summed E-state index contributed by atoms with van der Waals surface area (Å²) in [6.45, 7) is 4.03. The normalized spacial score (nSPS) is 43.1. The highest BCUT2D eigenvalue weighted by Gasteiger charge is 2.72. The molecule has 1 aromatic rings. The van der Waals surface area contributed by atoms with E-state index in [1.165, 1.54) is 7.11 Å². The van der Waals surface area contributed by atoms with Crippen molar-refractivity contribution >= 4 is 21.4 Å². The van der Waals surface area contributed by atoms with Gasteiger partial charge >= 0.3 is 0 Å². The van der Waals surface area contributed by atoms with Crippen molar-refractivity contribution in [2.45, 2.75) is 87.8 Å². The molecular formula is C31H40O8S. The van der Waals surface area contributed by atoms with Crippen LogP contribution in [0.4, 0.5) is 0 Å². The van der Waals surface area contributed by atoms with E-state index in [9.17, 15) is 23.1 Å². The molecule has 1 aliphatic heterocycles. The summed E-state index contributed by atoms with van der Waals surface area (Å²) in [5.74, 6) is -1.60. The molecule has 0 radical (unpaired) electrons. The van der Waals surface area contributed by atoms with Gasteiger partial charge in [-0.05, 0) is 79.9 Å². The molecule has 1 spiro atoms. The van der Waals surface area contributed by atoms with Gasteiger partial charge in [-0.3, -0.25) is 9.59 Å². The third-order valence-corrected chi connectivity index (χ3v) is 13.0. The first kappa shape index (κ1) is 28.2. The zero-order valence-electron chi connectivity index (χ0n) is 23.6. The number of allylic oxidation sites excluding steroid dienone is 1. The van der Waals surface area contributed by atoms with Gasteiger partial charge in [-0.25, -0.2) is 8.42 Å². The minimum Gasteiger partial charge on any atom is -0.393 e. The molecule has 40 heavy (non-hydrogen) atoms. The van der Waals surface area contributed by atoms with Gasteiger partial charge in [0.2, 0.25) is 0 Å². The van der Waals surface area contributed by atoms with E-state index in [0.29, 0.717) is 19.3 Å². The zero-order chi connectivity index (χ0) is 28.6. The van der Waals surface area contributed by atoms with Crippen LogP contribution in [0.1, 0.15) is 65.2 Å². The first-order chi connectivity index (χ1) is 18.9. The Morgan fingerprint density at radius 1 is 1.07 bits per heavy atom. The number of Topliss-reactive ketones (excluding diaryl/α,β-unsaturated/α-hetero) is 1. The number of fused-ring (bicyclic) bond motifs is 6. The highest BCUT2D eigenvalue weighted by Crippen LogP contribution is 2.69. The molecule has 8 atom stereocenters. The molecule has 5 aliphatic rings. The zero-order valence-corrected chi connectivity index (χ0v) is 24.4. The SMILES string of the molecule is COC1(CCS(=O)(=O)c2ccccc2)OCC(=O)[C@]2(CC[C@H]3[C@@H]4CCC5=CC(=O)CC[C@]5(C)[C@H]4[C@@H](O)C[C@@]32C)O1. The Morgan fingerprint density at radius 3 is 2.55 bits per heavy atom. The predicted molar refractivity (Wildman–Crippen MR) is 146 cm³/mol. The Kier molecular flexibility index (Phi) is 6.74. The lowest BCUT2D eigenvalue weighted by atomic mass is 9.45. The molecule has 1 N–H and O–H groups in total. The van der Waals surface area contributed by atoms with Gasteiger partial charge in [0.05, 0.1) is 16.8 Å². The Labute approximate surface area is 236 Å². The number of sulfone groups is 1. The van der Waals surface area contributed by atoms with Gasteiger partial charge in [0.25, 0.3) is 5.97 Å². The van der Waals surface area contributed by atoms with Gasteiger partial charge in [0.15, 0.2) is 21.4 Å². The highest BCUT2D eigenvalue weighted by atomic mass is 32.2. The lowest BCUT2D eigenvalue weighted by Crippen LogP contribution is -2.67. The first-order valence-electron chi connectivity index (χ1n) is 14.5. The number of hydrogen-bond acceptors (Lipinski definition) is 8. The molecule has 218 valence electrons. The van der Waals surface area contributed by atoms with E-state index in [0.717, 1.165) is 31.3 Å². The molecule has 1 unspecified atom stereocenters. The third-order valence-electron chi connectivity index (χ3n) is 11.3. The van der Waals surface area contributed by atoms with Crippen molar-refractivity contribution in [1.29, 1.82) is 0 Å². The van der Waals surface area contributed by atoms with Crippen LogP contribution < -0.4 is 0 Å². The van der Waals surface area contributed by atoms with Crippen molar-refractivity contribution in [2.75, 3.05) is 19.5 Å². The third kappa shape index (κ3) is 4.02. The number of aliphatic hydroxyl groups is 1. The number of methoxy groups -OCH3 is 1. The topological polar surface area (TPSA) is 116 Å². The van der Waals surface area contributed by atoms with Crippen LogP contribution in [0.15, 0.2) is 46.9 Å². The van der Waals surface area contributed by atoms with E-state index in [1.54, 1.807) is 30.3 Å². The average Bonchev–Trinajstić information content (AvgIpc) is 3.22. The van der Waals surface area contributed by atoms with Gasteiger partial charge in [0.1, 0.15) is 12.2 Å². The Balaban J connectivity index is 1.30. The smallest absolute Gasteiger partial charge is 0.285 e. The Bertz CT molecular complexity index is 1340. The number of carbonyl (C=O) groups is 2. The second kappa shape index (κ2) is 9.56. The van der Waals surface area contributed by atoms with Crippen LogP contribution in [0.2, 0.25) is 0 Å². The van der Waals surface area contributed by atoms with Crippen LogP contribution in [0.25, 0.3) is 0 Å². The van der Waals surface area contributed by atoms with Crippen LogP contribution in [0, 0.1) is 28.6 Å². The average molecular weight is 573 g/mol. The van der Waals surface area contributed by atoms with Crippen LogP contribution in [-0.4, -0.2) is 62.2 Å². The molecule has 1 saturated heterocycles. The highest BCUT2D eigenvalue weighted by molar-refractivity contribution is 7.91. The summed E-state index contributed by atoms with van der Waals surface area (Å²) < 4.78 is 44.4. The second-order valence-corrected chi connectivity index (χ2v) is 15.1. The molecule has 0 amide bonds. The maximum absolute atomic E-state index is 13.7. The molecule has 0 aromatic heterocycles. The van der Waals surface area contributed by atoms with E-state index >= 15 is 0 Å². The van der Waals surface area contributed by atoms with Gasteiger partial charge in [-0.1, -0.05) is 37.6 Å². The molecule has 0 bridgehead atoms. The molecule has 1 aromatic carbocycles. The summed E-state index contributed by atoms with van der Waals surface area (Å²) in [6.07, 6.45) is 5.65. The van der Waals surface area contributed by atoms with E-state index < -0.39 is 32.9 Å². The van der Waals surface area contributed by atoms with Crippen molar-refractivity contribution < 1.29 is 37.3 Å². The molecule has 3 saturated carbocycles. The van der Waals surface area contributed by atoms with Gasteiger partial charge in [0, 0.05) is 25.4 Å². The van der Waals surface area contributed by atoms with Crippen LogP contribution in [0.5, 0.6) is 0 Å². The van der Waals surface area contributed by atoms with Crippen molar-refractivity contribution in [1.82, 2.24) is 0 Å². The molecule has 6 rings (SSSR count). The molecule has 1 heterocycles. The lowest BCUT2D eigenvalue weighted by Gasteiger charge is -2.62. The quantitative estimate of drug-likeness (QED) is 0.563. The van der Waals surface area contributed by atoms with Crippen molar-refractivity contribution in [2.24, 2.45) is 28.6 Å². The standard InChI is InChI=1S/C31H40O8S/c1-28-13-11-21(32)17-20(28)9-10-23-24-12-14-30(29(24,2)18-25(33)27(23)28)26(34)19-38-31(37-3,39-30)15-16-40(35,36)22-7-5-4-6-8-22/h4-8,17,23-25,27,33H,9-16,18-19H2,1-3H3/t23-,24-,25-,27+,28-,29-,30-,31?/m0/s1. The summed E-state index contributed by atoms with van der Waals surface area (Å²) in [4.78, 5) is 26.2. The second-order valence-electron chi connectivity index (χ2n) is 13.0. The number of ether oxygens (including phenoxy) is 3. The fourth-order valence-corrected chi connectivity index (χ4v) is 10.6. The van der Waals surface area contributed by atoms with Crippen molar-refractivity contribution in [3.05, 3.63) is 42.0 Å². The molecule has 8 nitrogen and oxygen atoms in total. The van der Waals surface area contributed by atoms with Crippen LogP contribution in [0.3, 0.4) is 0 Å². The summed E-state index contributed by atoms with van der Waals surface area (Å²) in [6, 6.07) is 8.22. The first-order valence-corrected chi connectivity index (χ1v) is 16.2. The van der Waals surface area contributed by atoms with E-state index in [4.69, 9.17) is 14.2 Å². The number of aliphatic hydroxyl groups excluding tert-OH is 1. The fourth-order valence-electron chi connectivity index (χ4n) is 9.28. The largest absolute Gasteiger partial charge is 0.393 e. The minimum absolute atomic E-state index is 0.0203. The fraction of sp³-hybridized carbons (Fsp3) is 0.677. The molecule has 4 aliphatic carbocycles. The summed E-state index contributed by atoms with van der Waals surface area (Å²) >= 11 is 0. The molecular weight excluding hydrogens is 532 g/mol. The van der Waals surface area contributed by atoms with Crippen molar-refractivity contribution in [3.8, 4) is 0 Å². The molecule has 9 heteroatoms. The Hall–Kier alpha value is -1.91.